The van der Waals surface area contributed by atoms with E-state index in [1.54, 1.807) is 0 Å². The predicted octanol–water partition coefficient (Wildman–Crippen LogP) is 6.32. The van der Waals surface area contributed by atoms with Gasteiger partial charge in [-0.3, -0.25) is 0 Å². The highest BCUT2D eigenvalue weighted by atomic mass is 28.3. The average Bonchev–Trinajstić information content (AvgIpc) is 2.91. The molecule has 1 heterocycles. The van der Waals surface area contributed by atoms with Gasteiger partial charge in [-0.2, -0.15) is 0 Å². The summed E-state index contributed by atoms with van der Waals surface area (Å²) >= 11 is 0. The molecule has 0 aromatic heterocycles. The van der Waals surface area contributed by atoms with Crippen molar-refractivity contribution in [3.63, 3.8) is 0 Å². The first kappa shape index (κ1) is 26.4. The fourth-order valence-corrected chi connectivity index (χ4v) is 3.79. The lowest BCUT2D eigenvalue weighted by Gasteiger charge is -2.32. The van der Waals surface area contributed by atoms with Crippen LogP contribution in [0.25, 0.3) is 5.57 Å². The monoisotopic (exact) mass is 454 g/mol. The second-order valence-corrected chi connectivity index (χ2v) is 15.1. The van der Waals surface area contributed by atoms with E-state index in [0.717, 1.165) is 35.9 Å². The summed E-state index contributed by atoms with van der Waals surface area (Å²) in [7, 11) is -2.06. The third-order valence-corrected chi connectivity index (χ3v) is 6.78. The number of hydrogen-bond donors (Lipinski definition) is 0. The van der Waals surface area contributed by atoms with Crippen molar-refractivity contribution in [2.75, 3.05) is 6.61 Å². The van der Waals surface area contributed by atoms with Gasteiger partial charge < -0.3 is 14.0 Å². The van der Waals surface area contributed by atoms with Crippen LogP contribution >= 0.6 is 0 Å². The molecule has 0 saturated carbocycles. The van der Waals surface area contributed by atoms with E-state index in [2.05, 4.69) is 65.7 Å². The SMILES string of the molecule is CCCC/C(B1OC(C)(C)C(C)(C)O1)=C(/C#C[Si](C)(C)C)c1ccc(C(=O)OCC)cc1. The van der Waals surface area contributed by atoms with Crippen molar-refractivity contribution >= 4 is 26.7 Å². The average molecular weight is 454 g/mol. The Morgan fingerprint density at radius 1 is 1.00 bits per heavy atom. The van der Waals surface area contributed by atoms with E-state index in [9.17, 15) is 4.79 Å². The van der Waals surface area contributed by atoms with Gasteiger partial charge in [-0.1, -0.05) is 57.5 Å². The number of benzene rings is 1. The van der Waals surface area contributed by atoms with Gasteiger partial charge in [-0.25, -0.2) is 4.79 Å². The van der Waals surface area contributed by atoms with E-state index in [1.165, 1.54) is 0 Å². The quantitative estimate of drug-likeness (QED) is 0.275. The summed E-state index contributed by atoms with van der Waals surface area (Å²) in [6.07, 6.45) is 2.95. The lowest BCUT2D eigenvalue weighted by Crippen LogP contribution is -2.41. The molecule has 0 radical (unpaired) electrons. The van der Waals surface area contributed by atoms with Gasteiger partial charge in [-0.15, -0.1) is 5.54 Å². The molecule has 6 heteroatoms. The molecule has 174 valence electrons. The van der Waals surface area contributed by atoms with Crippen LogP contribution in [0, 0.1) is 11.5 Å². The van der Waals surface area contributed by atoms with Crippen LogP contribution < -0.4 is 0 Å². The fraction of sp³-hybridized carbons (Fsp3) is 0.577. The van der Waals surface area contributed by atoms with Crippen LogP contribution in [-0.2, 0) is 14.0 Å². The molecule has 4 nitrogen and oxygen atoms in total. The van der Waals surface area contributed by atoms with Gasteiger partial charge >= 0.3 is 13.1 Å². The normalized spacial score (nSPS) is 18.0. The first-order chi connectivity index (χ1) is 14.8. The molecular formula is C26H39BO4Si. The molecule has 0 N–H and O–H groups in total. The number of ether oxygens (including phenoxy) is 1. The molecule has 0 spiro atoms. The molecule has 0 aliphatic carbocycles. The Hall–Kier alpha value is -1.81. The molecule has 0 amide bonds. The highest BCUT2D eigenvalue weighted by Crippen LogP contribution is 2.41. The molecule has 1 aliphatic heterocycles. The van der Waals surface area contributed by atoms with Crippen molar-refractivity contribution < 1.29 is 18.8 Å². The summed E-state index contributed by atoms with van der Waals surface area (Å²) in [4.78, 5) is 12.1. The van der Waals surface area contributed by atoms with E-state index in [-0.39, 0.29) is 5.97 Å². The maximum absolute atomic E-state index is 12.1. The van der Waals surface area contributed by atoms with Gasteiger partial charge in [0.05, 0.1) is 23.4 Å². The van der Waals surface area contributed by atoms with Crippen LogP contribution in [-0.4, -0.2) is 39.0 Å². The van der Waals surface area contributed by atoms with E-state index >= 15 is 0 Å². The number of allylic oxidation sites excluding steroid dienone is 2. The van der Waals surface area contributed by atoms with Gasteiger partial charge in [0.15, 0.2) is 0 Å². The Balaban J connectivity index is 2.62. The lowest BCUT2D eigenvalue weighted by molar-refractivity contribution is 0.00578. The molecule has 1 saturated heterocycles. The van der Waals surface area contributed by atoms with Gasteiger partial charge in [0.25, 0.3) is 0 Å². The predicted molar refractivity (Wildman–Crippen MR) is 136 cm³/mol. The zero-order valence-corrected chi connectivity index (χ0v) is 22.3. The third kappa shape index (κ3) is 6.60. The van der Waals surface area contributed by atoms with Gasteiger partial charge in [0, 0.05) is 5.57 Å². The second kappa shape index (κ2) is 10.4. The zero-order valence-electron chi connectivity index (χ0n) is 21.3. The van der Waals surface area contributed by atoms with Crippen LogP contribution in [0.1, 0.15) is 76.7 Å². The van der Waals surface area contributed by atoms with Crippen LogP contribution in [0.2, 0.25) is 19.6 Å². The van der Waals surface area contributed by atoms with Gasteiger partial charge in [0.2, 0.25) is 0 Å². The Kier molecular flexibility index (Phi) is 8.61. The summed E-state index contributed by atoms with van der Waals surface area (Å²) in [5.41, 5.74) is 6.25. The van der Waals surface area contributed by atoms with Crippen LogP contribution in [0.15, 0.2) is 29.7 Å². The van der Waals surface area contributed by atoms with E-state index in [1.807, 2.05) is 31.2 Å². The number of rotatable bonds is 7. The highest BCUT2D eigenvalue weighted by molar-refractivity contribution is 6.84. The van der Waals surface area contributed by atoms with Crippen molar-refractivity contribution in [2.45, 2.75) is 91.6 Å². The fourth-order valence-electron chi connectivity index (χ4n) is 3.29. The second-order valence-electron chi connectivity index (χ2n) is 10.4. The zero-order chi connectivity index (χ0) is 24.2. The molecule has 0 atom stereocenters. The minimum atomic E-state index is -1.62. The summed E-state index contributed by atoms with van der Waals surface area (Å²) in [6, 6.07) is 7.53. The number of esters is 1. The van der Waals surface area contributed by atoms with Gasteiger partial charge in [-0.05, 0) is 64.2 Å². The molecule has 0 unspecified atom stereocenters. The van der Waals surface area contributed by atoms with E-state index < -0.39 is 26.4 Å². The smallest absolute Gasteiger partial charge is 0.462 e. The Bertz CT molecular complexity index is 882. The van der Waals surface area contributed by atoms with Crippen molar-refractivity contribution in [1.29, 1.82) is 0 Å². The Labute approximate surface area is 196 Å². The van der Waals surface area contributed by atoms with Crippen LogP contribution in [0.3, 0.4) is 0 Å². The van der Waals surface area contributed by atoms with Crippen molar-refractivity contribution in [1.82, 2.24) is 0 Å². The first-order valence-corrected chi connectivity index (χ1v) is 15.2. The molecule has 2 rings (SSSR count). The van der Waals surface area contributed by atoms with E-state index in [4.69, 9.17) is 14.0 Å². The molecule has 1 aliphatic rings. The molecule has 1 aromatic carbocycles. The standard InChI is InChI=1S/C26H39BO4Si/c1-10-12-13-23(27-30-25(3,4)26(5,6)31-27)22(18-19-32(7,8)9)20-14-16-21(17-15-20)24(28)29-11-2/h14-17H,10-13H2,1-9H3/b23-22+. The Morgan fingerprint density at radius 3 is 2.00 bits per heavy atom. The molecule has 1 aromatic rings. The molecule has 1 fully saturated rings. The molecule has 32 heavy (non-hydrogen) atoms. The molecule has 0 bridgehead atoms. The summed E-state index contributed by atoms with van der Waals surface area (Å²) in [5, 5.41) is 0. The van der Waals surface area contributed by atoms with Crippen LogP contribution in [0.4, 0.5) is 0 Å². The number of carbonyl (C=O) groups is 1. The summed E-state index contributed by atoms with van der Waals surface area (Å²) in [6.45, 7) is 19.4. The molecular weight excluding hydrogens is 415 g/mol. The Morgan fingerprint density at radius 2 is 1.53 bits per heavy atom. The largest absolute Gasteiger partial charge is 0.491 e. The van der Waals surface area contributed by atoms with Gasteiger partial charge in [0.1, 0.15) is 8.07 Å². The van der Waals surface area contributed by atoms with Crippen molar-refractivity contribution in [3.05, 3.63) is 40.9 Å². The number of hydrogen-bond acceptors (Lipinski definition) is 4. The maximum Gasteiger partial charge on any atom is 0.491 e. The summed E-state index contributed by atoms with van der Waals surface area (Å²) < 4.78 is 18.0. The minimum Gasteiger partial charge on any atom is -0.462 e. The number of carbonyl (C=O) groups excluding carboxylic acids is 1. The lowest BCUT2D eigenvalue weighted by atomic mass is 9.71. The number of unbranched alkanes of at least 4 members (excludes halogenated alkanes) is 1. The van der Waals surface area contributed by atoms with Crippen LogP contribution in [0.5, 0.6) is 0 Å². The summed E-state index contributed by atoms with van der Waals surface area (Å²) in [5.74, 6) is 3.20. The first-order valence-electron chi connectivity index (χ1n) is 11.7. The van der Waals surface area contributed by atoms with Crippen molar-refractivity contribution in [3.8, 4) is 11.5 Å². The van der Waals surface area contributed by atoms with Crippen molar-refractivity contribution in [2.24, 2.45) is 0 Å². The topological polar surface area (TPSA) is 44.8 Å². The van der Waals surface area contributed by atoms with E-state index in [0.29, 0.717) is 12.2 Å². The highest BCUT2D eigenvalue weighted by Gasteiger charge is 2.52. The maximum atomic E-state index is 12.1. The third-order valence-electron chi connectivity index (χ3n) is 5.91. The minimum absolute atomic E-state index is 0.310.